The summed E-state index contributed by atoms with van der Waals surface area (Å²) in [4.78, 5) is 3.55. The van der Waals surface area contributed by atoms with Crippen LogP contribution in [0.5, 0.6) is 5.75 Å². The molecule has 96 valence electrons. The van der Waals surface area contributed by atoms with E-state index < -0.39 is 0 Å². The van der Waals surface area contributed by atoms with Crippen LogP contribution in [0.2, 0.25) is 5.02 Å². The number of methoxy groups -OCH3 is 1. The van der Waals surface area contributed by atoms with Crippen molar-refractivity contribution in [1.29, 1.82) is 0 Å². The highest BCUT2D eigenvalue weighted by Gasteiger charge is 2.10. The number of hydrogen-bond acceptors (Lipinski definition) is 4. The Morgan fingerprint density at radius 1 is 1.44 bits per heavy atom. The van der Waals surface area contributed by atoms with Gasteiger partial charge in [-0.3, -0.25) is 0 Å². The van der Waals surface area contributed by atoms with Gasteiger partial charge in [0, 0.05) is 20.2 Å². The fourth-order valence-corrected chi connectivity index (χ4v) is 1.96. The van der Waals surface area contributed by atoms with E-state index in [1.54, 1.807) is 20.4 Å². The number of benzene rings is 1. The first-order valence-electron chi connectivity index (χ1n) is 5.50. The molecule has 0 aliphatic rings. The summed E-state index contributed by atoms with van der Waals surface area (Å²) in [5.74, 6) is 0.778. The second-order valence-corrected chi connectivity index (χ2v) is 4.41. The van der Waals surface area contributed by atoms with E-state index in [-0.39, 0.29) is 0 Å². The Morgan fingerprint density at radius 2 is 2.22 bits per heavy atom. The number of aromatic nitrogens is 3. The van der Waals surface area contributed by atoms with Crippen molar-refractivity contribution in [2.45, 2.75) is 6.54 Å². The van der Waals surface area contributed by atoms with Crippen molar-refractivity contribution in [3.8, 4) is 5.75 Å². The third-order valence-corrected chi connectivity index (χ3v) is 2.93. The number of anilines is 1. The van der Waals surface area contributed by atoms with Gasteiger partial charge in [0.2, 0.25) is 0 Å². The monoisotopic (exact) mass is 266 g/mol. The van der Waals surface area contributed by atoms with Gasteiger partial charge in [-0.2, -0.15) is 15.0 Å². The molecule has 18 heavy (non-hydrogen) atoms. The zero-order valence-corrected chi connectivity index (χ0v) is 11.3. The lowest BCUT2D eigenvalue weighted by Gasteiger charge is -2.19. The summed E-state index contributed by atoms with van der Waals surface area (Å²) in [5.41, 5.74) is 1.79. The van der Waals surface area contributed by atoms with Crippen LogP contribution in [-0.4, -0.2) is 29.2 Å². The summed E-state index contributed by atoms with van der Waals surface area (Å²) >= 11 is 6.18. The molecular formula is C12H15ClN4O. The highest BCUT2D eigenvalue weighted by atomic mass is 35.5. The summed E-state index contributed by atoms with van der Waals surface area (Å²) in [6.07, 6.45) is 1.74. The average molecular weight is 267 g/mol. The summed E-state index contributed by atoms with van der Waals surface area (Å²) in [7, 11) is 5.38. The Kier molecular flexibility index (Phi) is 3.72. The normalized spacial score (nSPS) is 10.4. The minimum atomic E-state index is 0.640. The topological polar surface area (TPSA) is 43.2 Å². The van der Waals surface area contributed by atoms with Crippen molar-refractivity contribution >= 4 is 17.3 Å². The van der Waals surface area contributed by atoms with Crippen LogP contribution >= 0.6 is 11.6 Å². The molecule has 1 heterocycles. The molecule has 0 unspecified atom stereocenters. The predicted octanol–water partition coefficient (Wildman–Crippen LogP) is 2.11. The summed E-state index contributed by atoms with van der Waals surface area (Å²) in [5, 5.41) is 8.96. The van der Waals surface area contributed by atoms with Crippen LogP contribution in [0.15, 0.2) is 24.4 Å². The molecule has 0 radical (unpaired) electrons. The van der Waals surface area contributed by atoms with Gasteiger partial charge in [-0.25, -0.2) is 0 Å². The zero-order chi connectivity index (χ0) is 13.1. The van der Waals surface area contributed by atoms with Gasteiger partial charge in [0.05, 0.1) is 30.6 Å². The molecule has 0 amide bonds. The highest BCUT2D eigenvalue weighted by Crippen LogP contribution is 2.29. The van der Waals surface area contributed by atoms with E-state index in [1.807, 2.05) is 30.1 Å². The fraction of sp³-hybridized carbons (Fsp3) is 0.333. The van der Waals surface area contributed by atoms with E-state index in [0.29, 0.717) is 11.6 Å². The third kappa shape index (κ3) is 2.73. The SMILES string of the molecule is COc1ccc(Cl)c(N(C)Cc2cnn(C)n2)c1. The van der Waals surface area contributed by atoms with Crippen LogP contribution in [-0.2, 0) is 13.6 Å². The average Bonchev–Trinajstić information content (AvgIpc) is 2.75. The van der Waals surface area contributed by atoms with Crippen LogP contribution in [0, 0.1) is 0 Å². The molecule has 0 fully saturated rings. The molecule has 0 atom stereocenters. The smallest absolute Gasteiger partial charge is 0.121 e. The van der Waals surface area contributed by atoms with Crippen molar-refractivity contribution in [2.75, 3.05) is 19.1 Å². The highest BCUT2D eigenvalue weighted by molar-refractivity contribution is 6.33. The minimum absolute atomic E-state index is 0.640. The molecule has 1 aromatic heterocycles. The Balaban J connectivity index is 2.20. The van der Waals surface area contributed by atoms with E-state index in [9.17, 15) is 0 Å². The lowest BCUT2D eigenvalue weighted by molar-refractivity contribution is 0.415. The molecule has 0 aliphatic carbocycles. The number of ether oxygens (including phenoxy) is 1. The van der Waals surface area contributed by atoms with Crippen LogP contribution < -0.4 is 9.64 Å². The van der Waals surface area contributed by atoms with Gasteiger partial charge < -0.3 is 9.64 Å². The summed E-state index contributed by atoms with van der Waals surface area (Å²) in [6.45, 7) is 0.640. The summed E-state index contributed by atoms with van der Waals surface area (Å²) < 4.78 is 5.20. The summed E-state index contributed by atoms with van der Waals surface area (Å²) in [6, 6.07) is 5.56. The molecule has 0 aliphatic heterocycles. The Bertz CT molecular complexity index is 541. The maximum Gasteiger partial charge on any atom is 0.121 e. The molecule has 5 nitrogen and oxygen atoms in total. The molecule has 6 heteroatoms. The lowest BCUT2D eigenvalue weighted by Crippen LogP contribution is -2.17. The lowest BCUT2D eigenvalue weighted by atomic mass is 10.2. The molecular weight excluding hydrogens is 252 g/mol. The number of aryl methyl sites for hydroxylation is 1. The van der Waals surface area contributed by atoms with Gasteiger partial charge in [-0.15, -0.1) is 0 Å². The zero-order valence-electron chi connectivity index (χ0n) is 10.6. The first-order valence-corrected chi connectivity index (χ1v) is 5.88. The van der Waals surface area contributed by atoms with Gasteiger partial charge in [0.15, 0.2) is 0 Å². The van der Waals surface area contributed by atoms with Crippen LogP contribution in [0.3, 0.4) is 0 Å². The van der Waals surface area contributed by atoms with Gasteiger partial charge in [-0.05, 0) is 12.1 Å². The Hall–Kier alpha value is -1.75. The Labute approximate surface area is 111 Å². The van der Waals surface area contributed by atoms with E-state index in [2.05, 4.69) is 10.2 Å². The molecule has 0 saturated carbocycles. The third-order valence-electron chi connectivity index (χ3n) is 2.61. The standard InChI is InChI=1S/C12H15ClN4O/c1-16(8-9-7-14-17(2)15-9)12-6-10(18-3)4-5-11(12)13/h4-7H,8H2,1-3H3. The maximum atomic E-state index is 6.18. The second-order valence-electron chi connectivity index (χ2n) is 4.00. The van der Waals surface area contributed by atoms with Crippen molar-refractivity contribution < 1.29 is 4.74 Å². The maximum absolute atomic E-state index is 6.18. The molecule has 2 rings (SSSR count). The second kappa shape index (κ2) is 5.27. The quantitative estimate of drug-likeness (QED) is 0.850. The van der Waals surface area contributed by atoms with Crippen LogP contribution in [0.25, 0.3) is 0 Å². The fourth-order valence-electron chi connectivity index (χ4n) is 1.70. The first kappa shape index (κ1) is 12.7. The first-order chi connectivity index (χ1) is 8.60. The van der Waals surface area contributed by atoms with Gasteiger partial charge in [-0.1, -0.05) is 11.6 Å². The van der Waals surface area contributed by atoms with Crippen molar-refractivity contribution in [3.05, 3.63) is 35.1 Å². The van der Waals surface area contributed by atoms with E-state index >= 15 is 0 Å². The number of hydrogen-bond donors (Lipinski definition) is 0. The molecule has 1 aromatic carbocycles. The largest absolute Gasteiger partial charge is 0.497 e. The Morgan fingerprint density at radius 3 is 2.83 bits per heavy atom. The molecule has 0 saturated heterocycles. The molecule has 0 N–H and O–H groups in total. The van der Waals surface area contributed by atoms with Gasteiger partial charge in [0.25, 0.3) is 0 Å². The molecule has 0 bridgehead atoms. The van der Waals surface area contributed by atoms with Crippen molar-refractivity contribution in [2.24, 2.45) is 7.05 Å². The van der Waals surface area contributed by atoms with Crippen molar-refractivity contribution in [1.82, 2.24) is 15.0 Å². The molecule has 2 aromatic rings. The van der Waals surface area contributed by atoms with E-state index in [4.69, 9.17) is 16.3 Å². The van der Waals surface area contributed by atoms with Gasteiger partial charge in [0.1, 0.15) is 11.4 Å². The van der Waals surface area contributed by atoms with E-state index in [1.165, 1.54) is 4.80 Å². The van der Waals surface area contributed by atoms with Crippen LogP contribution in [0.4, 0.5) is 5.69 Å². The van der Waals surface area contributed by atoms with E-state index in [0.717, 1.165) is 17.1 Å². The predicted molar refractivity (Wildman–Crippen MR) is 71.1 cm³/mol. The van der Waals surface area contributed by atoms with Crippen molar-refractivity contribution in [3.63, 3.8) is 0 Å². The molecule has 0 spiro atoms. The van der Waals surface area contributed by atoms with Crippen LogP contribution in [0.1, 0.15) is 5.69 Å². The number of nitrogens with zero attached hydrogens (tertiary/aromatic N) is 4. The van der Waals surface area contributed by atoms with Gasteiger partial charge >= 0.3 is 0 Å². The number of rotatable bonds is 4. The number of halogens is 1. The minimum Gasteiger partial charge on any atom is -0.497 e.